The smallest absolute Gasteiger partial charge is 0.220 e. The summed E-state index contributed by atoms with van der Waals surface area (Å²) in [6, 6.07) is 4.01. The lowest BCUT2D eigenvalue weighted by atomic mass is 9.79. The van der Waals surface area contributed by atoms with Gasteiger partial charge in [-0.2, -0.15) is 0 Å². The van der Waals surface area contributed by atoms with Crippen molar-refractivity contribution in [3.63, 3.8) is 0 Å². The molecule has 0 saturated carbocycles. The second-order valence-electron chi connectivity index (χ2n) is 7.98. The molecule has 1 atom stereocenters. The number of rotatable bonds is 4. The number of halogens is 1. The molecule has 0 radical (unpaired) electrons. The molecule has 2 aliphatic rings. The Bertz CT molecular complexity index is 912. The van der Waals surface area contributed by atoms with Gasteiger partial charge < -0.3 is 15.5 Å². The van der Waals surface area contributed by atoms with Crippen LogP contribution in [0.4, 0.5) is 0 Å². The minimum atomic E-state index is 0. The van der Waals surface area contributed by atoms with Gasteiger partial charge in [0.2, 0.25) is 5.91 Å². The van der Waals surface area contributed by atoms with E-state index in [0.29, 0.717) is 13.0 Å². The molecule has 0 aromatic carbocycles. The van der Waals surface area contributed by atoms with Gasteiger partial charge in [-0.3, -0.25) is 9.36 Å². The molecular formula is C21H30IN7O. The van der Waals surface area contributed by atoms with Crippen LogP contribution in [0.15, 0.2) is 35.7 Å². The van der Waals surface area contributed by atoms with Crippen molar-refractivity contribution in [1.82, 2.24) is 30.1 Å². The number of carbonyl (C=O) groups excluding carboxylic acids is 1. The summed E-state index contributed by atoms with van der Waals surface area (Å²) in [6.45, 7) is 7.98. The maximum atomic E-state index is 11.8. The van der Waals surface area contributed by atoms with E-state index in [9.17, 15) is 4.79 Å². The molecule has 2 saturated heterocycles. The second kappa shape index (κ2) is 9.76. The van der Waals surface area contributed by atoms with Crippen molar-refractivity contribution in [2.75, 3.05) is 26.2 Å². The first-order valence-electron chi connectivity index (χ1n) is 10.3. The first-order chi connectivity index (χ1) is 14.1. The molecule has 4 heterocycles. The van der Waals surface area contributed by atoms with Crippen LogP contribution in [0.5, 0.6) is 0 Å². The van der Waals surface area contributed by atoms with Gasteiger partial charge in [-0.1, -0.05) is 6.07 Å². The van der Waals surface area contributed by atoms with Crippen molar-refractivity contribution in [2.24, 2.45) is 10.4 Å². The molecule has 1 unspecified atom stereocenters. The lowest BCUT2D eigenvalue weighted by molar-refractivity contribution is -0.119. The Morgan fingerprint density at radius 2 is 2.23 bits per heavy atom. The first-order valence-corrected chi connectivity index (χ1v) is 10.3. The number of hydrogen-bond acceptors (Lipinski definition) is 4. The van der Waals surface area contributed by atoms with E-state index in [1.54, 1.807) is 12.4 Å². The second-order valence-corrected chi connectivity index (χ2v) is 7.98. The van der Waals surface area contributed by atoms with Crippen molar-refractivity contribution in [3.05, 3.63) is 42.1 Å². The summed E-state index contributed by atoms with van der Waals surface area (Å²) >= 11 is 0. The van der Waals surface area contributed by atoms with E-state index < -0.39 is 0 Å². The standard InChI is InChI=1S/C21H29N7O.HI/c1-3-22-20(27-10-5-7-21(15-27)12-18(29)26-14-21)25-13-17-6-4-8-24-19(17)28-11-9-23-16(28)2;/h4,6,8-9,11H,3,5,7,10,12-15H2,1-2H3,(H,22,25)(H,26,29);1H. The lowest BCUT2D eigenvalue weighted by Crippen LogP contribution is -2.51. The minimum Gasteiger partial charge on any atom is -0.357 e. The molecule has 8 nitrogen and oxygen atoms in total. The van der Waals surface area contributed by atoms with Gasteiger partial charge in [-0.15, -0.1) is 24.0 Å². The van der Waals surface area contributed by atoms with E-state index in [4.69, 9.17) is 4.99 Å². The third-order valence-electron chi connectivity index (χ3n) is 5.81. The fourth-order valence-electron chi connectivity index (χ4n) is 4.39. The zero-order valence-electron chi connectivity index (χ0n) is 17.6. The predicted molar refractivity (Wildman–Crippen MR) is 127 cm³/mol. The van der Waals surface area contributed by atoms with Crippen LogP contribution in [0, 0.1) is 12.3 Å². The topological polar surface area (TPSA) is 87.4 Å². The monoisotopic (exact) mass is 523 g/mol. The van der Waals surface area contributed by atoms with Gasteiger partial charge in [-0.25, -0.2) is 15.0 Å². The van der Waals surface area contributed by atoms with Crippen LogP contribution in [-0.4, -0.2) is 57.5 Å². The van der Waals surface area contributed by atoms with Gasteiger partial charge in [0.25, 0.3) is 0 Å². The number of imidazole rings is 1. The third kappa shape index (κ3) is 4.76. The van der Waals surface area contributed by atoms with Gasteiger partial charge in [0.05, 0.1) is 6.54 Å². The Kier molecular flexibility index (Phi) is 7.32. The van der Waals surface area contributed by atoms with Crippen LogP contribution < -0.4 is 10.6 Å². The number of piperidine rings is 1. The van der Waals surface area contributed by atoms with E-state index >= 15 is 0 Å². The number of guanidine groups is 1. The largest absolute Gasteiger partial charge is 0.357 e. The maximum absolute atomic E-state index is 11.8. The molecule has 9 heteroatoms. The predicted octanol–water partition coefficient (Wildman–Crippen LogP) is 2.26. The average Bonchev–Trinajstić information content (AvgIpc) is 3.31. The molecule has 2 aromatic rings. The van der Waals surface area contributed by atoms with Crippen molar-refractivity contribution in [2.45, 2.75) is 39.7 Å². The summed E-state index contributed by atoms with van der Waals surface area (Å²) in [6.07, 6.45) is 8.29. The first kappa shape index (κ1) is 22.5. The number of hydrogen-bond donors (Lipinski definition) is 2. The van der Waals surface area contributed by atoms with Gasteiger partial charge in [0, 0.05) is 62.2 Å². The maximum Gasteiger partial charge on any atom is 0.220 e. The summed E-state index contributed by atoms with van der Waals surface area (Å²) in [5.41, 5.74) is 1.09. The SMILES string of the molecule is CCNC(=NCc1cccnc1-n1ccnc1C)N1CCCC2(CNC(=O)C2)C1.I. The number of aliphatic imine (C=N–C) groups is 1. The number of aromatic nitrogens is 3. The van der Waals surface area contributed by atoms with Crippen LogP contribution in [0.25, 0.3) is 5.82 Å². The molecule has 1 spiro atoms. The van der Waals surface area contributed by atoms with Crippen LogP contribution in [-0.2, 0) is 11.3 Å². The molecule has 30 heavy (non-hydrogen) atoms. The number of aryl methyl sites for hydroxylation is 1. The highest BCUT2D eigenvalue weighted by molar-refractivity contribution is 14.0. The van der Waals surface area contributed by atoms with Gasteiger partial charge in [-0.05, 0) is 32.8 Å². The quantitative estimate of drug-likeness (QED) is 0.365. The molecule has 162 valence electrons. The molecule has 1 amide bonds. The molecule has 2 aromatic heterocycles. The van der Waals surface area contributed by atoms with Crippen molar-refractivity contribution < 1.29 is 4.79 Å². The van der Waals surface area contributed by atoms with E-state index in [1.165, 1.54) is 0 Å². The van der Waals surface area contributed by atoms with Crippen molar-refractivity contribution >= 4 is 35.8 Å². The summed E-state index contributed by atoms with van der Waals surface area (Å²) < 4.78 is 1.99. The highest BCUT2D eigenvalue weighted by Gasteiger charge is 2.42. The summed E-state index contributed by atoms with van der Waals surface area (Å²) in [5.74, 6) is 2.84. The summed E-state index contributed by atoms with van der Waals surface area (Å²) in [7, 11) is 0. The van der Waals surface area contributed by atoms with E-state index in [2.05, 4.69) is 38.5 Å². The van der Waals surface area contributed by atoms with Gasteiger partial charge >= 0.3 is 0 Å². The molecular weight excluding hydrogens is 493 g/mol. The Labute approximate surface area is 194 Å². The van der Waals surface area contributed by atoms with Crippen molar-refractivity contribution in [3.8, 4) is 5.82 Å². The van der Waals surface area contributed by atoms with Gasteiger partial charge in [0.1, 0.15) is 11.6 Å². The molecule has 2 fully saturated rings. The van der Waals surface area contributed by atoms with Crippen molar-refractivity contribution in [1.29, 1.82) is 0 Å². The number of pyridine rings is 1. The normalized spacial score (nSPS) is 21.5. The van der Waals surface area contributed by atoms with E-state index in [0.717, 1.165) is 62.2 Å². The lowest BCUT2D eigenvalue weighted by Gasteiger charge is -2.40. The fourth-order valence-corrected chi connectivity index (χ4v) is 4.39. The summed E-state index contributed by atoms with van der Waals surface area (Å²) in [4.78, 5) is 27.9. The number of nitrogens with one attached hydrogen (secondary N) is 2. The Hall–Kier alpha value is -2.17. The number of nitrogens with zero attached hydrogens (tertiary/aromatic N) is 5. The Balaban J connectivity index is 0.00000256. The highest BCUT2D eigenvalue weighted by Crippen LogP contribution is 2.36. The van der Waals surface area contributed by atoms with Crippen LogP contribution >= 0.6 is 24.0 Å². The van der Waals surface area contributed by atoms with Crippen LogP contribution in [0.2, 0.25) is 0 Å². The Morgan fingerprint density at radius 3 is 2.93 bits per heavy atom. The molecule has 2 N–H and O–H groups in total. The van der Waals surface area contributed by atoms with Crippen LogP contribution in [0.3, 0.4) is 0 Å². The zero-order chi connectivity index (χ0) is 20.3. The van der Waals surface area contributed by atoms with E-state index in [-0.39, 0.29) is 35.3 Å². The third-order valence-corrected chi connectivity index (χ3v) is 5.81. The molecule has 0 aliphatic carbocycles. The zero-order valence-corrected chi connectivity index (χ0v) is 19.9. The van der Waals surface area contributed by atoms with E-state index in [1.807, 2.05) is 23.8 Å². The number of amides is 1. The Morgan fingerprint density at radius 1 is 1.37 bits per heavy atom. The average molecular weight is 523 g/mol. The summed E-state index contributed by atoms with van der Waals surface area (Å²) in [5, 5.41) is 6.45. The molecule has 4 rings (SSSR count). The number of likely N-dealkylation sites (tertiary alicyclic amines) is 1. The molecule has 0 bridgehead atoms. The highest BCUT2D eigenvalue weighted by atomic mass is 127. The minimum absolute atomic E-state index is 0. The van der Waals surface area contributed by atoms with Gasteiger partial charge in [0.15, 0.2) is 5.96 Å². The fraction of sp³-hybridized carbons (Fsp3) is 0.524. The van der Waals surface area contributed by atoms with Crippen LogP contribution in [0.1, 0.15) is 37.6 Å². The number of carbonyl (C=O) groups is 1. The molecule has 2 aliphatic heterocycles.